The van der Waals surface area contributed by atoms with Crippen LogP contribution in [0.3, 0.4) is 0 Å². The van der Waals surface area contributed by atoms with Crippen LogP contribution >= 0.6 is 0 Å². The zero-order valence-corrected chi connectivity index (χ0v) is 36.0. The third kappa shape index (κ3) is 38.8. The molecule has 0 spiro atoms. The maximum Gasteiger partial charge on any atom is 0.267 e. The number of unbranched alkanes of at least 4 members (excludes halogenated alkanes) is 29. The monoisotopic (exact) mass is 782 g/mol. The van der Waals surface area contributed by atoms with Gasteiger partial charge in [-0.2, -0.15) is 8.42 Å². The standard InChI is InChI=1S/C46H87NO6S/c1-3-5-7-9-11-13-15-17-19-21-23-25-26-28-30-32-34-36-38-40-44(48)43(42-54(51,52)53)47-46(50)45(49)41-39-37-35-33-31-29-27-24-22-20-18-16-14-12-10-8-6-4-2/h12,14,16,18,38,40,43-45,48-49H,3-11,13,15,17,19-37,39,41-42H2,1-2H3,(H,47,50)(H,51,52,53)/b14-12-,18-16-,40-38+. The van der Waals surface area contributed by atoms with Gasteiger partial charge in [0.25, 0.3) is 10.1 Å². The summed E-state index contributed by atoms with van der Waals surface area (Å²) in [5.41, 5.74) is 0. The highest BCUT2D eigenvalue weighted by molar-refractivity contribution is 7.85. The highest BCUT2D eigenvalue weighted by Gasteiger charge is 2.27. The molecule has 0 aliphatic carbocycles. The number of hydrogen-bond donors (Lipinski definition) is 4. The number of hydrogen-bond acceptors (Lipinski definition) is 5. The van der Waals surface area contributed by atoms with Crippen molar-refractivity contribution in [2.45, 2.75) is 244 Å². The molecule has 0 radical (unpaired) electrons. The number of aliphatic hydroxyl groups is 2. The zero-order valence-electron chi connectivity index (χ0n) is 35.2. The molecule has 8 heteroatoms. The van der Waals surface area contributed by atoms with Crippen LogP contribution in [0.4, 0.5) is 0 Å². The Balaban J connectivity index is 3.98. The Kier molecular flexibility index (Phi) is 38.7. The molecule has 0 aromatic heterocycles. The van der Waals surface area contributed by atoms with Crippen LogP contribution in [-0.2, 0) is 14.9 Å². The van der Waals surface area contributed by atoms with Crippen molar-refractivity contribution in [3.8, 4) is 0 Å². The number of nitrogens with one attached hydrogen (secondary N) is 1. The molecule has 0 fully saturated rings. The molecule has 318 valence electrons. The highest BCUT2D eigenvalue weighted by atomic mass is 32.2. The Morgan fingerprint density at radius 3 is 1.26 bits per heavy atom. The van der Waals surface area contributed by atoms with E-state index in [4.69, 9.17) is 0 Å². The largest absolute Gasteiger partial charge is 0.387 e. The van der Waals surface area contributed by atoms with Gasteiger partial charge in [-0.25, -0.2) is 0 Å². The Morgan fingerprint density at radius 1 is 0.519 bits per heavy atom. The van der Waals surface area contributed by atoms with Crippen molar-refractivity contribution < 1.29 is 28.0 Å². The summed E-state index contributed by atoms with van der Waals surface area (Å²) in [5, 5.41) is 23.5. The van der Waals surface area contributed by atoms with E-state index in [9.17, 15) is 28.0 Å². The van der Waals surface area contributed by atoms with E-state index in [1.807, 2.05) is 6.08 Å². The van der Waals surface area contributed by atoms with Gasteiger partial charge in [0.05, 0.1) is 17.9 Å². The van der Waals surface area contributed by atoms with E-state index < -0.39 is 40.0 Å². The molecule has 0 aromatic rings. The molecule has 1 amide bonds. The van der Waals surface area contributed by atoms with E-state index in [0.717, 1.165) is 44.9 Å². The van der Waals surface area contributed by atoms with E-state index in [1.165, 1.54) is 160 Å². The van der Waals surface area contributed by atoms with Gasteiger partial charge in [0.1, 0.15) is 6.10 Å². The van der Waals surface area contributed by atoms with Crippen molar-refractivity contribution in [3.05, 3.63) is 36.5 Å². The lowest BCUT2D eigenvalue weighted by Crippen LogP contribution is -2.50. The molecule has 7 nitrogen and oxygen atoms in total. The van der Waals surface area contributed by atoms with Crippen LogP contribution in [0.2, 0.25) is 0 Å². The lowest BCUT2D eigenvalue weighted by atomic mass is 10.0. The summed E-state index contributed by atoms with van der Waals surface area (Å²) in [6, 6.07) is -1.23. The van der Waals surface area contributed by atoms with Crippen LogP contribution < -0.4 is 5.32 Å². The molecule has 3 unspecified atom stereocenters. The fourth-order valence-corrected chi connectivity index (χ4v) is 7.65. The van der Waals surface area contributed by atoms with Crippen LogP contribution in [-0.4, -0.2) is 53.1 Å². The molecule has 0 rings (SSSR count). The number of aliphatic hydroxyl groups excluding tert-OH is 2. The predicted molar refractivity (Wildman–Crippen MR) is 231 cm³/mol. The summed E-state index contributed by atoms with van der Waals surface area (Å²) >= 11 is 0. The van der Waals surface area contributed by atoms with E-state index >= 15 is 0 Å². The highest BCUT2D eigenvalue weighted by Crippen LogP contribution is 2.16. The van der Waals surface area contributed by atoms with Gasteiger partial charge in [-0.05, 0) is 44.9 Å². The minimum absolute atomic E-state index is 0.275. The molecular formula is C46H87NO6S. The lowest BCUT2D eigenvalue weighted by molar-refractivity contribution is -0.130. The first-order chi connectivity index (χ1) is 26.2. The van der Waals surface area contributed by atoms with Crippen LogP contribution in [0, 0.1) is 0 Å². The van der Waals surface area contributed by atoms with Crippen molar-refractivity contribution in [2.24, 2.45) is 0 Å². The lowest BCUT2D eigenvalue weighted by Gasteiger charge is -2.22. The van der Waals surface area contributed by atoms with Gasteiger partial charge < -0.3 is 15.5 Å². The topological polar surface area (TPSA) is 124 Å². The quantitative estimate of drug-likeness (QED) is 0.0212. The fourth-order valence-electron chi connectivity index (χ4n) is 6.92. The number of carbonyl (C=O) groups is 1. The maximum absolute atomic E-state index is 12.6. The Hall–Kier alpha value is -1.48. The first-order valence-electron chi connectivity index (χ1n) is 22.8. The first-order valence-corrected chi connectivity index (χ1v) is 24.4. The summed E-state index contributed by atoms with van der Waals surface area (Å²) < 4.78 is 32.6. The summed E-state index contributed by atoms with van der Waals surface area (Å²) in [6.45, 7) is 4.50. The molecule has 3 atom stereocenters. The van der Waals surface area contributed by atoms with Crippen molar-refractivity contribution in [2.75, 3.05) is 5.75 Å². The average Bonchev–Trinajstić information content (AvgIpc) is 3.14. The van der Waals surface area contributed by atoms with Crippen LogP contribution in [0.5, 0.6) is 0 Å². The summed E-state index contributed by atoms with van der Waals surface area (Å²) in [5.74, 6) is -1.54. The number of rotatable bonds is 41. The van der Waals surface area contributed by atoms with Gasteiger partial charge >= 0.3 is 0 Å². The minimum atomic E-state index is -4.45. The zero-order chi connectivity index (χ0) is 39.8. The predicted octanol–water partition coefficient (Wildman–Crippen LogP) is 12.7. The Labute approximate surface area is 334 Å². The second-order valence-corrected chi connectivity index (χ2v) is 17.4. The molecular weight excluding hydrogens is 695 g/mol. The van der Waals surface area contributed by atoms with Gasteiger partial charge in [0, 0.05) is 0 Å². The third-order valence-corrected chi connectivity index (χ3v) is 11.2. The fraction of sp³-hybridized carbons (Fsp3) is 0.848. The van der Waals surface area contributed by atoms with Gasteiger partial charge in [-0.1, -0.05) is 217 Å². The molecule has 0 aliphatic heterocycles. The SMILES string of the molecule is CCCCC/C=C\C=C/CCCCCCCCCCCC(O)C(=O)NC(CS(=O)(=O)O)C(O)/C=C/CCCCCCCCCCCCCCCCCCC. The van der Waals surface area contributed by atoms with Crippen molar-refractivity contribution in [1.29, 1.82) is 0 Å². The second-order valence-electron chi connectivity index (χ2n) is 15.9. The molecule has 0 bridgehead atoms. The van der Waals surface area contributed by atoms with E-state index in [-0.39, 0.29) is 6.42 Å². The molecule has 0 aliphatic rings. The van der Waals surface area contributed by atoms with Crippen LogP contribution in [0.1, 0.15) is 226 Å². The summed E-state index contributed by atoms with van der Waals surface area (Å²) in [4.78, 5) is 12.6. The van der Waals surface area contributed by atoms with Gasteiger partial charge in [0.15, 0.2) is 0 Å². The Morgan fingerprint density at radius 2 is 0.852 bits per heavy atom. The molecule has 54 heavy (non-hydrogen) atoms. The first kappa shape index (κ1) is 52.5. The molecule has 0 saturated carbocycles. The van der Waals surface area contributed by atoms with Crippen molar-refractivity contribution in [1.82, 2.24) is 5.32 Å². The average molecular weight is 782 g/mol. The van der Waals surface area contributed by atoms with Gasteiger partial charge in [0.2, 0.25) is 5.91 Å². The smallest absolute Gasteiger partial charge is 0.267 e. The van der Waals surface area contributed by atoms with Crippen LogP contribution in [0.25, 0.3) is 0 Å². The maximum atomic E-state index is 12.6. The third-order valence-electron chi connectivity index (χ3n) is 10.4. The normalized spacial score (nSPS) is 14.1. The van der Waals surface area contributed by atoms with E-state index in [1.54, 1.807) is 0 Å². The molecule has 0 heterocycles. The molecule has 0 saturated heterocycles. The second kappa shape index (κ2) is 39.7. The van der Waals surface area contributed by atoms with Gasteiger partial charge in [-0.15, -0.1) is 0 Å². The van der Waals surface area contributed by atoms with Crippen LogP contribution in [0.15, 0.2) is 36.5 Å². The number of carbonyl (C=O) groups excluding carboxylic acids is 1. The van der Waals surface area contributed by atoms with Crippen molar-refractivity contribution in [3.63, 3.8) is 0 Å². The Bertz CT molecular complexity index is 1010. The van der Waals surface area contributed by atoms with Crippen molar-refractivity contribution >= 4 is 16.0 Å². The number of allylic oxidation sites excluding steroid dienone is 5. The number of amides is 1. The van der Waals surface area contributed by atoms with E-state index in [0.29, 0.717) is 6.42 Å². The molecule has 4 N–H and O–H groups in total. The summed E-state index contributed by atoms with van der Waals surface area (Å²) in [6.07, 6.45) is 49.1. The van der Waals surface area contributed by atoms with E-state index in [2.05, 4.69) is 43.5 Å². The molecule has 0 aromatic carbocycles. The van der Waals surface area contributed by atoms with Gasteiger partial charge in [-0.3, -0.25) is 9.35 Å². The minimum Gasteiger partial charge on any atom is -0.387 e. The summed E-state index contributed by atoms with van der Waals surface area (Å²) in [7, 11) is -4.45.